The lowest BCUT2D eigenvalue weighted by Gasteiger charge is -2.02. The van der Waals surface area contributed by atoms with Crippen molar-refractivity contribution in [3.63, 3.8) is 0 Å². The fourth-order valence-electron chi connectivity index (χ4n) is 1.48. The molecule has 0 aliphatic rings. The molecule has 0 atom stereocenters. The zero-order valence-corrected chi connectivity index (χ0v) is 10.1. The Labute approximate surface area is 99.0 Å². The molecule has 2 aromatic rings. The average molecular weight is 255 g/mol. The van der Waals surface area contributed by atoms with E-state index in [1.165, 1.54) is 12.5 Å². The van der Waals surface area contributed by atoms with Gasteiger partial charge >= 0.3 is 0 Å². The molecule has 7 nitrogen and oxygen atoms in total. The van der Waals surface area contributed by atoms with Gasteiger partial charge in [0.25, 0.3) is 10.0 Å². The predicted octanol–water partition coefficient (Wildman–Crippen LogP) is -0.493. The van der Waals surface area contributed by atoms with Crippen LogP contribution in [-0.2, 0) is 30.0 Å². The van der Waals surface area contributed by atoms with Gasteiger partial charge in [0.15, 0.2) is 5.03 Å². The number of nitrogens with two attached hydrogens (primary N) is 1. The van der Waals surface area contributed by atoms with Gasteiger partial charge in [-0.1, -0.05) is 0 Å². The zero-order valence-electron chi connectivity index (χ0n) is 9.31. The molecule has 0 saturated carbocycles. The summed E-state index contributed by atoms with van der Waals surface area (Å²) in [5, 5.41) is 4.85. The number of hydrogen-bond donors (Lipinski definition) is 1. The van der Waals surface area contributed by atoms with Gasteiger partial charge in [-0.3, -0.25) is 0 Å². The van der Waals surface area contributed by atoms with E-state index in [9.17, 15) is 8.42 Å². The Bertz CT molecular complexity index is 613. The fourth-order valence-corrected chi connectivity index (χ4v) is 1.95. The highest BCUT2D eigenvalue weighted by Crippen LogP contribution is 2.04. The van der Waals surface area contributed by atoms with Crippen molar-refractivity contribution in [3.8, 4) is 0 Å². The molecule has 2 rings (SSSR count). The first-order valence-electron chi connectivity index (χ1n) is 4.97. The monoisotopic (exact) mass is 255 g/mol. The van der Waals surface area contributed by atoms with Crippen LogP contribution in [0.25, 0.3) is 0 Å². The van der Waals surface area contributed by atoms with Crippen LogP contribution in [0.5, 0.6) is 0 Å². The number of aromatic nitrogens is 4. The molecule has 0 bridgehead atoms. The van der Waals surface area contributed by atoms with Gasteiger partial charge in [0.2, 0.25) is 0 Å². The summed E-state index contributed by atoms with van der Waals surface area (Å²) in [5.74, 6) is 0.927. The molecule has 0 unspecified atom stereocenters. The molecule has 0 amide bonds. The lowest BCUT2D eigenvalue weighted by atomic mass is 10.4. The molecule has 2 heterocycles. The first-order chi connectivity index (χ1) is 7.97. The molecular weight excluding hydrogens is 242 g/mol. The molecule has 2 aromatic heterocycles. The molecule has 0 fully saturated rings. The van der Waals surface area contributed by atoms with Crippen molar-refractivity contribution in [2.45, 2.75) is 18.0 Å². The summed E-state index contributed by atoms with van der Waals surface area (Å²) < 4.78 is 25.6. The highest BCUT2D eigenvalue weighted by atomic mass is 32.2. The third-order valence-electron chi connectivity index (χ3n) is 2.42. The first-order valence-corrected chi connectivity index (χ1v) is 6.52. The standard InChI is InChI=1S/C9H13N5O2S/c1-13-5-3-11-8(13)2-4-14-6-9(12-7-14)17(10,15)16/h3,5-7H,2,4H2,1H3,(H2,10,15,16). The van der Waals surface area contributed by atoms with Gasteiger partial charge in [-0.25, -0.2) is 23.5 Å². The Morgan fingerprint density at radius 2 is 2.18 bits per heavy atom. The van der Waals surface area contributed by atoms with Crippen LogP contribution >= 0.6 is 0 Å². The maximum absolute atomic E-state index is 11.0. The number of sulfonamides is 1. The van der Waals surface area contributed by atoms with E-state index in [1.54, 1.807) is 10.8 Å². The van der Waals surface area contributed by atoms with E-state index >= 15 is 0 Å². The van der Waals surface area contributed by atoms with Crippen molar-refractivity contribution in [2.24, 2.45) is 12.2 Å². The number of hydrogen-bond acceptors (Lipinski definition) is 4. The molecule has 8 heteroatoms. The summed E-state index contributed by atoms with van der Waals surface area (Å²) in [6, 6.07) is 0. The van der Waals surface area contributed by atoms with E-state index in [1.807, 2.05) is 17.8 Å². The Morgan fingerprint density at radius 1 is 1.41 bits per heavy atom. The van der Waals surface area contributed by atoms with Crippen molar-refractivity contribution in [2.75, 3.05) is 0 Å². The van der Waals surface area contributed by atoms with Crippen LogP contribution in [0.1, 0.15) is 5.82 Å². The largest absolute Gasteiger partial charge is 0.338 e. The molecule has 0 aliphatic heterocycles. The van der Waals surface area contributed by atoms with Crippen molar-refractivity contribution in [3.05, 3.63) is 30.7 Å². The van der Waals surface area contributed by atoms with Gasteiger partial charge < -0.3 is 9.13 Å². The molecule has 0 aliphatic carbocycles. The Morgan fingerprint density at radius 3 is 2.71 bits per heavy atom. The number of aryl methyl sites for hydroxylation is 3. The Kier molecular flexibility index (Phi) is 2.99. The first kappa shape index (κ1) is 11.8. The maximum Gasteiger partial charge on any atom is 0.257 e. The van der Waals surface area contributed by atoms with Gasteiger partial charge in [0.1, 0.15) is 5.82 Å². The third kappa shape index (κ3) is 2.71. The minimum atomic E-state index is -3.72. The molecule has 0 spiro atoms. The lowest BCUT2D eigenvalue weighted by molar-refractivity contribution is 0.594. The quantitative estimate of drug-likeness (QED) is 0.797. The topological polar surface area (TPSA) is 95.8 Å². The molecule has 0 saturated heterocycles. The minimum absolute atomic E-state index is 0.114. The molecule has 17 heavy (non-hydrogen) atoms. The van der Waals surface area contributed by atoms with Crippen LogP contribution in [0.15, 0.2) is 29.9 Å². The minimum Gasteiger partial charge on any atom is -0.338 e. The van der Waals surface area contributed by atoms with E-state index in [2.05, 4.69) is 9.97 Å². The SMILES string of the molecule is Cn1ccnc1CCn1cnc(S(N)(=O)=O)c1. The molecule has 0 aromatic carbocycles. The number of rotatable bonds is 4. The van der Waals surface area contributed by atoms with E-state index < -0.39 is 10.0 Å². The molecular formula is C9H13N5O2S. The second-order valence-corrected chi connectivity index (χ2v) is 5.21. The molecule has 2 N–H and O–H groups in total. The van der Waals surface area contributed by atoms with E-state index in [0.717, 1.165) is 5.82 Å². The average Bonchev–Trinajstić information content (AvgIpc) is 2.82. The highest BCUT2D eigenvalue weighted by Gasteiger charge is 2.11. The van der Waals surface area contributed by atoms with Gasteiger partial charge in [-0.05, 0) is 0 Å². The summed E-state index contributed by atoms with van der Waals surface area (Å²) >= 11 is 0. The summed E-state index contributed by atoms with van der Waals surface area (Å²) in [4.78, 5) is 7.91. The van der Waals surface area contributed by atoms with Gasteiger partial charge in [0, 0.05) is 38.6 Å². The Hall–Kier alpha value is -1.67. The van der Waals surface area contributed by atoms with Crippen LogP contribution in [0.2, 0.25) is 0 Å². The summed E-state index contributed by atoms with van der Waals surface area (Å²) in [6.07, 6.45) is 7.14. The van der Waals surface area contributed by atoms with Crippen molar-refractivity contribution >= 4 is 10.0 Å². The fraction of sp³-hybridized carbons (Fsp3) is 0.333. The van der Waals surface area contributed by atoms with E-state index in [4.69, 9.17) is 5.14 Å². The van der Waals surface area contributed by atoms with Crippen LogP contribution in [-0.4, -0.2) is 27.5 Å². The van der Waals surface area contributed by atoms with E-state index in [0.29, 0.717) is 13.0 Å². The molecule has 92 valence electrons. The maximum atomic E-state index is 11.0. The number of nitrogens with zero attached hydrogens (tertiary/aromatic N) is 4. The predicted molar refractivity (Wildman–Crippen MR) is 60.5 cm³/mol. The lowest BCUT2D eigenvalue weighted by Crippen LogP contribution is -2.12. The normalized spacial score (nSPS) is 11.9. The van der Waals surface area contributed by atoms with Crippen LogP contribution in [0.4, 0.5) is 0 Å². The van der Waals surface area contributed by atoms with Crippen LogP contribution < -0.4 is 5.14 Å². The summed E-state index contributed by atoms with van der Waals surface area (Å²) in [7, 11) is -1.81. The summed E-state index contributed by atoms with van der Waals surface area (Å²) in [5.41, 5.74) is 0. The highest BCUT2D eigenvalue weighted by molar-refractivity contribution is 7.89. The van der Waals surface area contributed by atoms with E-state index in [-0.39, 0.29) is 5.03 Å². The van der Waals surface area contributed by atoms with Crippen molar-refractivity contribution in [1.29, 1.82) is 0 Å². The van der Waals surface area contributed by atoms with Gasteiger partial charge in [0.05, 0.1) is 6.33 Å². The van der Waals surface area contributed by atoms with Crippen molar-refractivity contribution in [1.82, 2.24) is 19.1 Å². The van der Waals surface area contributed by atoms with Gasteiger partial charge in [-0.2, -0.15) is 0 Å². The van der Waals surface area contributed by atoms with Crippen molar-refractivity contribution < 1.29 is 8.42 Å². The van der Waals surface area contributed by atoms with Crippen LogP contribution in [0.3, 0.4) is 0 Å². The third-order valence-corrected chi connectivity index (χ3v) is 3.21. The molecule has 0 radical (unpaired) electrons. The summed E-state index contributed by atoms with van der Waals surface area (Å²) in [6.45, 7) is 0.605. The van der Waals surface area contributed by atoms with Gasteiger partial charge in [-0.15, -0.1) is 0 Å². The second-order valence-electron chi connectivity index (χ2n) is 3.70. The number of primary sulfonamides is 1. The zero-order chi connectivity index (χ0) is 12.5. The smallest absolute Gasteiger partial charge is 0.257 e. The second kappa shape index (κ2) is 4.30. The Balaban J connectivity index is 2.06. The number of imidazole rings is 2. The van der Waals surface area contributed by atoms with Crippen LogP contribution in [0, 0.1) is 0 Å².